The van der Waals surface area contributed by atoms with Gasteiger partial charge in [0.2, 0.25) is 0 Å². The first kappa shape index (κ1) is 31.5. The Kier molecular flexibility index (Phi) is 9.20. The SMILES string of the molecule is Nc1ccc(NC(=O)Nc2ccc(C=Cc3ccc(NC(=O)Nc4ccc(N)cc4)cc3S(=O)(=O)O)c(S(=O)(=O)O)c2)cc1. The molecule has 0 fully saturated rings. The van der Waals surface area contributed by atoms with Gasteiger partial charge < -0.3 is 32.7 Å². The molecule has 0 aromatic heterocycles. The van der Waals surface area contributed by atoms with Gasteiger partial charge in [0.1, 0.15) is 9.79 Å². The summed E-state index contributed by atoms with van der Waals surface area (Å²) >= 11 is 0. The summed E-state index contributed by atoms with van der Waals surface area (Å²) in [5, 5.41) is 9.98. The summed E-state index contributed by atoms with van der Waals surface area (Å²) in [6.45, 7) is 0. The highest BCUT2D eigenvalue weighted by atomic mass is 32.2. The van der Waals surface area contributed by atoms with Crippen molar-refractivity contribution in [3.63, 3.8) is 0 Å². The minimum absolute atomic E-state index is 0.0222. The molecule has 4 aromatic carbocycles. The molecule has 0 aliphatic carbocycles. The molecule has 228 valence electrons. The second-order valence-electron chi connectivity index (χ2n) is 9.19. The van der Waals surface area contributed by atoms with Crippen molar-refractivity contribution in [1.82, 2.24) is 0 Å². The summed E-state index contributed by atoms with van der Waals surface area (Å²) in [5.41, 5.74) is 13.0. The minimum atomic E-state index is -4.81. The molecule has 0 radical (unpaired) electrons. The number of amides is 4. The molecule has 4 rings (SSSR count). The lowest BCUT2D eigenvalue weighted by Gasteiger charge is -2.11. The summed E-state index contributed by atoms with van der Waals surface area (Å²) in [6.07, 6.45) is 2.37. The lowest BCUT2D eigenvalue weighted by Crippen LogP contribution is -2.19. The van der Waals surface area contributed by atoms with E-state index in [1.54, 1.807) is 48.5 Å². The molecular formula is C28H26N6O8S2. The molecule has 0 aliphatic rings. The minimum Gasteiger partial charge on any atom is -0.399 e. The standard InChI is InChI=1S/C28H26N6O8S2/c29-19-5-11-21(12-6-19)31-27(35)33-23-9-3-17(25(15-23)43(37,38)39)1-2-18-4-10-24(16-26(18)44(40,41)42)34-28(36)32-22-13-7-20(30)8-14-22/h1-16H,29-30H2,(H2,31,33,35)(H2,32,34,36)(H,37,38,39)(H,40,41,42). The van der Waals surface area contributed by atoms with Crippen LogP contribution in [0.4, 0.5) is 43.7 Å². The van der Waals surface area contributed by atoms with Crippen LogP contribution in [0.25, 0.3) is 12.2 Å². The van der Waals surface area contributed by atoms with E-state index >= 15 is 0 Å². The van der Waals surface area contributed by atoms with Gasteiger partial charge in [-0.2, -0.15) is 16.8 Å². The second-order valence-corrected chi connectivity index (χ2v) is 12.0. The van der Waals surface area contributed by atoms with Crippen molar-refractivity contribution in [2.24, 2.45) is 0 Å². The summed E-state index contributed by atoms with van der Waals surface area (Å²) < 4.78 is 68.2. The van der Waals surface area contributed by atoms with Crippen LogP contribution in [-0.4, -0.2) is 38.0 Å². The Bertz CT molecular complexity index is 1820. The molecular weight excluding hydrogens is 612 g/mol. The van der Waals surface area contributed by atoms with Crippen molar-refractivity contribution in [2.45, 2.75) is 9.79 Å². The van der Waals surface area contributed by atoms with Crippen molar-refractivity contribution < 1.29 is 35.5 Å². The number of rotatable bonds is 8. The predicted molar refractivity (Wildman–Crippen MR) is 168 cm³/mol. The highest BCUT2D eigenvalue weighted by Gasteiger charge is 2.18. The van der Waals surface area contributed by atoms with Gasteiger partial charge in [-0.3, -0.25) is 9.11 Å². The molecule has 0 heterocycles. The fraction of sp³-hybridized carbons (Fsp3) is 0. The molecule has 4 amide bonds. The van der Waals surface area contributed by atoms with Crippen molar-refractivity contribution in [1.29, 1.82) is 0 Å². The predicted octanol–water partition coefficient (Wildman–Crippen LogP) is 4.80. The van der Waals surface area contributed by atoms with E-state index in [2.05, 4.69) is 21.3 Å². The number of nitrogen functional groups attached to an aromatic ring is 2. The number of carbonyl (C=O) groups excluding carboxylic acids is 2. The molecule has 44 heavy (non-hydrogen) atoms. The van der Waals surface area contributed by atoms with Crippen LogP contribution in [-0.2, 0) is 20.2 Å². The number of nitrogens with one attached hydrogen (secondary N) is 4. The lowest BCUT2D eigenvalue weighted by molar-refractivity contribution is 0.261. The maximum atomic E-state index is 12.4. The second kappa shape index (κ2) is 12.8. The van der Waals surface area contributed by atoms with Gasteiger partial charge in [0, 0.05) is 34.1 Å². The van der Waals surface area contributed by atoms with Crippen molar-refractivity contribution in [2.75, 3.05) is 32.7 Å². The van der Waals surface area contributed by atoms with E-state index in [0.717, 1.165) is 12.1 Å². The Morgan fingerprint density at radius 1 is 0.523 bits per heavy atom. The third-order valence-corrected chi connectivity index (χ3v) is 7.70. The summed E-state index contributed by atoms with van der Waals surface area (Å²) in [7, 11) is -9.63. The van der Waals surface area contributed by atoms with E-state index in [0.29, 0.717) is 22.7 Å². The molecule has 4 aromatic rings. The van der Waals surface area contributed by atoms with Gasteiger partial charge in [0.05, 0.1) is 0 Å². The Morgan fingerprint density at radius 3 is 1.14 bits per heavy atom. The zero-order valence-electron chi connectivity index (χ0n) is 22.6. The fourth-order valence-corrected chi connectivity index (χ4v) is 5.27. The molecule has 16 heteroatoms. The number of hydrogen-bond acceptors (Lipinski definition) is 8. The highest BCUT2D eigenvalue weighted by Crippen LogP contribution is 2.26. The molecule has 14 nitrogen and oxygen atoms in total. The van der Waals surface area contributed by atoms with Gasteiger partial charge in [0.25, 0.3) is 20.2 Å². The molecule has 0 spiro atoms. The number of anilines is 6. The first-order chi connectivity index (χ1) is 20.7. The molecule has 0 saturated heterocycles. The normalized spacial score (nSPS) is 11.6. The van der Waals surface area contributed by atoms with Crippen LogP contribution in [0, 0.1) is 0 Å². The Labute approximate surface area is 252 Å². The Morgan fingerprint density at radius 2 is 0.818 bits per heavy atom. The van der Waals surface area contributed by atoms with Crippen LogP contribution in [0.3, 0.4) is 0 Å². The maximum absolute atomic E-state index is 12.4. The van der Waals surface area contributed by atoms with Crippen molar-refractivity contribution >= 4 is 78.6 Å². The van der Waals surface area contributed by atoms with E-state index in [4.69, 9.17) is 11.5 Å². The van der Waals surface area contributed by atoms with E-state index in [1.165, 1.54) is 36.4 Å². The van der Waals surface area contributed by atoms with Crippen LogP contribution in [0.1, 0.15) is 11.1 Å². The van der Waals surface area contributed by atoms with E-state index in [1.807, 2.05) is 0 Å². The molecule has 0 bridgehead atoms. The van der Waals surface area contributed by atoms with Crippen molar-refractivity contribution in [3.8, 4) is 0 Å². The molecule has 0 atom stereocenters. The van der Waals surface area contributed by atoms with Gasteiger partial charge in [0.15, 0.2) is 0 Å². The Balaban J connectivity index is 1.55. The van der Waals surface area contributed by atoms with E-state index < -0.39 is 42.1 Å². The van der Waals surface area contributed by atoms with Crippen LogP contribution in [0.2, 0.25) is 0 Å². The molecule has 0 saturated carbocycles. The van der Waals surface area contributed by atoms with Gasteiger partial charge in [-0.05, 0) is 83.9 Å². The smallest absolute Gasteiger partial charge is 0.323 e. The zero-order valence-corrected chi connectivity index (χ0v) is 24.2. The maximum Gasteiger partial charge on any atom is 0.323 e. The number of carbonyl (C=O) groups is 2. The van der Waals surface area contributed by atoms with Gasteiger partial charge in [-0.15, -0.1) is 0 Å². The van der Waals surface area contributed by atoms with Gasteiger partial charge in [-0.25, -0.2) is 9.59 Å². The first-order valence-corrected chi connectivity index (χ1v) is 15.3. The zero-order chi connectivity index (χ0) is 32.1. The third kappa shape index (κ3) is 8.55. The summed E-state index contributed by atoms with van der Waals surface area (Å²) in [5.74, 6) is 0. The topological polar surface area (TPSA) is 243 Å². The van der Waals surface area contributed by atoms with Crippen LogP contribution < -0.4 is 32.7 Å². The Hall–Kier alpha value is -5.42. The monoisotopic (exact) mass is 638 g/mol. The van der Waals surface area contributed by atoms with Crippen LogP contribution >= 0.6 is 0 Å². The van der Waals surface area contributed by atoms with Crippen LogP contribution in [0.15, 0.2) is 94.7 Å². The third-order valence-electron chi connectivity index (χ3n) is 5.88. The average Bonchev–Trinajstić information content (AvgIpc) is 2.94. The fourth-order valence-electron chi connectivity index (χ4n) is 3.85. The number of nitrogens with two attached hydrogens (primary N) is 2. The summed E-state index contributed by atoms with van der Waals surface area (Å²) in [4.78, 5) is 23.5. The largest absolute Gasteiger partial charge is 0.399 e. The highest BCUT2D eigenvalue weighted by molar-refractivity contribution is 7.86. The van der Waals surface area contributed by atoms with E-state index in [9.17, 15) is 35.5 Å². The van der Waals surface area contributed by atoms with E-state index in [-0.39, 0.29) is 22.5 Å². The molecule has 0 unspecified atom stereocenters. The summed E-state index contributed by atoms with van der Waals surface area (Å²) in [6, 6.07) is 18.4. The number of hydrogen-bond donors (Lipinski definition) is 8. The van der Waals surface area contributed by atoms with Crippen molar-refractivity contribution in [3.05, 3.63) is 96.1 Å². The van der Waals surface area contributed by atoms with Gasteiger partial charge in [-0.1, -0.05) is 24.3 Å². The molecule has 10 N–H and O–H groups in total. The number of benzene rings is 4. The quantitative estimate of drug-likeness (QED) is 0.0744. The first-order valence-electron chi connectivity index (χ1n) is 12.5. The lowest BCUT2D eigenvalue weighted by atomic mass is 10.1. The molecule has 0 aliphatic heterocycles. The van der Waals surface area contributed by atoms with Crippen LogP contribution in [0.5, 0.6) is 0 Å². The average molecular weight is 639 g/mol. The van der Waals surface area contributed by atoms with Gasteiger partial charge >= 0.3 is 12.1 Å². The number of urea groups is 2.